The molecule has 1 atom stereocenters. The molecule has 248 valence electrons. The molecule has 0 aliphatic carbocycles. The zero-order valence-corrected chi connectivity index (χ0v) is 23.9. The van der Waals surface area contributed by atoms with E-state index in [2.05, 4.69) is 15.4 Å². The number of hydrogen-bond donors (Lipinski definition) is 2. The van der Waals surface area contributed by atoms with Crippen LogP contribution in [0.4, 0.5) is 43.9 Å². The van der Waals surface area contributed by atoms with Gasteiger partial charge in [-0.1, -0.05) is 36.4 Å². The minimum Gasteiger partial charge on any atom is -0.428 e. The van der Waals surface area contributed by atoms with Crippen LogP contribution in [0.5, 0.6) is 5.75 Å². The summed E-state index contributed by atoms with van der Waals surface area (Å²) in [7, 11) is 1.17. The summed E-state index contributed by atoms with van der Waals surface area (Å²) in [5.74, 6) is -7.54. The zero-order chi connectivity index (χ0) is 34.7. The number of rotatable bonds is 10. The number of ether oxygens (including phenoxy) is 1. The summed E-state index contributed by atoms with van der Waals surface area (Å²) >= 11 is 0. The van der Waals surface area contributed by atoms with E-state index in [0.29, 0.717) is 29.8 Å². The molecule has 0 saturated carbocycles. The quantitative estimate of drug-likeness (QED) is 0.170. The van der Waals surface area contributed by atoms with Gasteiger partial charge in [0, 0.05) is 30.7 Å². The number of carbonyl (C=O) groups is 2. The highest BCUT2D eigenvalue weighted by Crippen LogP contribution is 2.39. The van der Waals surface area contributed by atoms with E-state index in [1.165, 1.54) is 31.3 Å². The lowest BCUT2D eigenvalue weighted by molar-refractivity contribution is -0.253. The Morgan fingerprint density at radius 1 is 0.745 bits per heavy atom. The van der Waals surface area contributed by atoms with Crippen molar-refractivity contribution in [2.45, 2.75) is 30.7 Å². The zero-order valence-electron chi connectivity index (χ0n) is 23.9. The van der Waals surface area contributed by atoms with Crippen molar-refractivity contribution in [1.82, 2.24) is 10.6 Å². The number of hydrogen-bond acceptors (Lipinski definition) is 3. The van der Waals surface area contributed by atoms with Crippen LogP contribution in [0.15, 0.2) is 84.9 Å². The van der Waals surface area contributed by atoms with Crippen molar-refractivity contribution in [1.29, 1.82) is 0 Å². The summed E-state index contributed by atoms with van der Waals surface area (Å²) in [6.45, 7) is 0. The Morgan fingerprint density at radius 2 is 1.40 bits per heavy atom. The Labute approximate surface area is 260 Å². The first-order valence-electron chi connectivity index (χ1n) is 13.4. The third-order valence-electron chi connectivity index (χ3n) is 7.01. The van der Waals surface area contributed by atoms with Crippen LogP contribution in [0, 0.1) is 17.5 Å². The van der Waals surface area contributed by atoms with E-state index in [9.17, 15) is 49.1 Å². The summed E-state index contributed by atoms with van der Waals surface area (Å²) in [6.07, 6.45) is -15.0. The van der Waals surface area contributed by atoms with E-state index >= 15 is 4.39 Å². The molecule has 2 N–H and O–H groups in total. The van der Waals surface area contributed by atoms with E-state index in [0.717, 1.165) is 24.3 Å². The molecule has 0 saturated heterocycles. The molecule has 2 amide bonds. The molecule has 0 aromatic heterocycles. The Morgan fingerprint density at radius 3 is 2.00 bits per heavy atom. The molecule has 0 bridgehead atoms. The molecule has 0 spiro atoms. The monoisotopic (exact) mass is 672 g/mol. The third-order valence-corrected chi connectivity index (χ3v) is 7.01. The van der Waals surface area contributed by atoms with Gasteiger partial charge in [-0.2, -0.15) is 30.7 Å². The number of nitrogens with one attached hydrogen (secondary N) is 2. The predicted molar refractivity (Wildman–Crippen MR) is 148 cm³/mol. The molecule has 0 radical (unpaired) electrons. The summed E-state index contributed by atoms with van der Waals surface area (Å²) in [4.78, 5) is 26.2. The standard InChI is InChI=1S/C32H22F10N2O3/c1-43-28(46)21-14-19(8-12-24(21)33)30(16-17-5-3-2-4-6-17,22-10-9-20(15-26(22)35)47-32(41,42)29(36)37)44-27(45)18-7-11-25(34)23(13-18)31(38,39)40/h2-15,29H,16H2,1H3,(H,43,46)(H,44,45). The molecule has 4 aromatic rings. The highest BCUT2D eigenvalue weighted by molar-refractivity contribution is 5.96. The van der Waals surface area contributed by atoms with Crippen molar-refractivity contribution in [3.8, 4) is 5.75 Å². The molecule has 4 aromatic carbocycles. The van der Waals surface area contributed by atoms with Crippen molar-refractivity contribution >= 4 is 11.8 Å². The van der Waals surface area contributed by atoms with Gasteiger partial charge < -0.3 is 15.4 Å². The van der Waals surface area contributed by atoms with Gasteiger partial charge in [0.15, 0.2) is 0 Å². The molecule has 1 unspecified atom stereocenters. The van der Waals surface area contributed by atoms with Gasteiger partial charge in [-0.3, -0.25) is 9.59 Å². The van der Waals surface area contributed by atoms with Crippen LogP contribution in [0.3, 0.4) is 0 Å². The van der Waals surface area contributed by atoms with Crippen LogP contribution in [-0.2, 0) is 18.1 Å². The van der Waals surface area contributed by atoms with Gasteiger partial charge in [-0.15, -0.1) is 0 Å². The Kier molecular flexibility index (Phi) is 9.87. The lowest BCUT2D eigenvalue weighted by Crippen LogP contribution is -2.49. The van der Waals surface area contributed by atoms with Gasteiger partial charge in [0.05, 0.1) is 16.7 Å². The number of alkyl halides is 7. The Balaban J connectivity index is 2.00. The number of amides is 2. The highest BCUT2D eigenvalue weighted by Gasteiger charge is 2.45. The van der Waals surface area contributed by atoms with E-state index in [1.807, 2.05) is 0 Å². The fourth-order valence-corrected chi connectivity index (χ4v) is 4.79. The smallest absolute Gasteiger partial charge is 0.428 e. The lowest BCUT2D eigenvalue weighted by Gasteiger charge is -2.37. The first kappa shape index (κ1) is 34.8. The van der Waals surface area contributed by atoms with Gasteiger partial charge in [0.1, 0.15) is 23.2 Å². The van der Waals surface area contributed by atoms with Gasteiger partial charge >= 0.3 is 18.7 Å². The number of carbonyl (C=O) groups excluding carboxylic acids is 2. The largest absolute Gasteiger partial charge is 0.461 e. The van der Waals surface area contributed by atoms with Gasteiger partial charge in [0.2, 0.25) is 0 Å². The van der Waals surface area contributed by atoms with Crippen molar-refractivity contribution < 1.29 is 58.2 Å². The first-order valence-corrected chi connectivity index (χ1v) is 13.4. The molecule has 0 fully saturated rings. The molecular formula is C32H22F10N2O3. The van der Waals surface area contributed by atoms with Crippen LogP contribution in [-0.4, -0.2) is 31.4 Å². The van der Waals surface area contributed by atoms with Gasteiger partial charge in [-0.05, 0) is 53.6 Å². The molecule has 5 nitrogen and oxygen atoms in total. The molecule has 47 heavy (non-hydrogen) atoms. The van der Waals surface area contributed by atoms with Gasteiger partial charge in [0.25, 0.3) is 11.8 Å². The van der Waals surface area contributed by atoms with Crippen molar-refractivity contribution in [2.24, 2.45) is 0 Å². The van der Waals surface area contributed by atoms with Crippen molar-refractivity contribution in [3.63, 3.8) is 0 Å². The SMILES string of the molecule is CNC(=O)c1cc(C(Cc2ccccc2)(NC(=O)c2ccc(F)c(C(F)(F)F)c2)c2ccc(OC(F)(F)C(F)F)cc2F)ccc1F. The normalized spacial score (nSPS) is 13.2. The Hall–Kier alpha value is -5.08. The lowest BCUT2D eigenvalue weighted by atomic mass is 9.76. The maximum atomic E-state index is 16.0. The third kappa shape index (κ3) is 7.50. The fraction of sp³-hybridized carbons (Fsp3) is 0.188. The second-order valence-corrected chi connectivity index (χ2v) is 10.1. The number of benzene rings is 4. The minimum atomic E-state index is -5.22. The van der Waals surface area contributed by atoms with Crippen LogP contribution >= 0.6 is 0 Å². The van der Waals surface area contributed by atoms with E-state index in [1.54, 1.807) is 6.07 Å². The van der Waals surface area contributed by atoms with Crippen molar-refractivity contribution in [2.75, 3.05) is 7.05 Å². The van der Waals surface area contributed by atoms with E-state index in [-0.39, 0.29) is 11.6 Å². The van der Waals surface area contributed by atoms with Crippen LogP contribution in [0.1, 0.15) is 43.0 Å². The van der Waals surface area contributed by atoms with Crippen LogP contribution in [0.2, 0.25) is 0 Å². The summed E-state index contributed by atoms with van der Waals surface area (Å²) in [6, 6.07) is 13.5. The second-order valence-electron chi connectivity index (χ2n) is 10.1. The molecule has 0 aliphatic rings. The fourth-order valence-electron chi connectivity index (χ4n) is 4.79. The second kappa shape index (κ2) is 13.3. The average molecular weight is 673 g/mol. The van der Waals surface area contributed by atoms with E-state index in [4.69, 9.17) is 0 Å². The Bertz CT molecular complexity index is 1780. The molecule has 4 rings (SSSR count). The molecule has 15 heteroatoms. The first-order chi connectivity index (χ1) is 22.0. The van der Waals surface area contributed by atoms with Crippen molar-refractivity contribution in [3.05, 3.63) is 136 Å². The highest BCUT2D eigenvalue weighted by atomic mass is 19.4. The topological polar surface area (TPSA) is 67.4 Å². The summed E-state index contributed by atoms with van der Waals surface area (Å²) in [5, 5.41) is 4.63. The molecule has 0 aliphatic heterocycles. The minimum absolute atomic E-state index is 0.207. The average Bonchev–Trinajstić information content (AvgIpc) is 3.00. The predicted octanol–water partition coefficient (Wildman–Crippen LogP) is 7.64. The maximum Gasteiger partial charge on any atom is 0.461 e. The van der Waals surface area contributed by atoms with Gasteiger partial charge in [-0.25, -0.2) is 13.2 Å². The van der Waals surface area contributed by atoms with E-state index < -0.39 is 87.9 Å². The van der Waals surface area contributed by atoms with Crippen LogP contribution in [0.25, 0.3) is 0 Å². The summed E-state index contributed by atoms with van der Waals surface area (Å²) in [5.41, 5.74) is -5.91. The molecular weight excluding hydrogens is 650 g/mol. The number of halogens is 10. The summed E-state index contributed by atoms with van der Waals surface area (Å²) < 4.78 is 142. The molecule has 0 heterocycles. The van der Waals surface area contributed by atoms with Crippen LogP contribution < -0.4 is 15.4 Å². The maximum absolute atomic E-state index is 16.0.